The summed E-state index contributed by atoms with van der Waals surface area (Å²) >= 11 is 0. The Morgan fingerprint density at radius 2 is 2.23 bits per heavy atom. The number of nitrogens with zero attached hydrogens (tertiary/aromatic N) is 2. The van der Waals surface area contributed by atoms with Gasteiger partial charge in [-0.05, 0) is 24.0 Å². The van der Waals surface area contributed by atoms with Crippen molar-refractivity contribution >= 4 is 11.4 Å². The van der Waals surface area contributed by atoms with Gasteiger partial charge in [0.15, 0.2) is 5.69 Å². The number of hydrogen-bond acceptors (Lipinski definition) is 1. The Hall–Kier alpha value is -1.62. The van der Waals surface area contributed by atoms with E-state index in [0.29, 0.717) is 0 Å². The van der Waals surface area contributed by atoms with Crippen LogP contribution in [-0.4, -0.2) is 12.8 Å². The van der Waals surface area contributed by atoms with Gasteiger partial charge in [0.1, 0.15) is 0 Å². The first-order valence-corrected chi connectivity index (χ1v) is 4.31. The fourth-order valence-electron chi connectivity index (χ4n) is 1.76. The molecule has 0 unspecified atom stereocenters. The van der Waals surface area contributed by atoms with Crippen molar-refractivity contribution in [2.75, 3.05) is 7.05 Å². The van der Waals surface area contributed by atoms with Gasteiger partial charge in [-0.2, -0.15) is 0 Å². The van der Waals surface area contributed by atoms with Crippen molar-refractivity contribution in [2.24, 2.45) is 4.99 Å². The molecule has 1 aromatic carbocycles. The number of benzene rings is 1. The summed E-state index contributed by atoms with van der Waals surface area (Å²) in [6, 6.07) is 5.85. The van der Waals surface area contributed by atoms with Crippen molar-refractivity contribution in [1.82, 2.24) is 0 Å². The standard InChI is InChI=1S/C11H10N2/c1-12-9-4-5-10-8(7-9)3-6-11(10)13-2/h4-5,7H,3,6H2,2H3. The van der Waals surface area contributed by atoms with E-state index in [-0.39, 0.29) is 0 Å². The van der Waals surface area contributed by atoms with Gasteiger partial charge in [-0.1, -0.05) is 18.2 Å². The van der Waals surface area contributed by atoms with Crippen LogP contribution in [0.3, 0.4) is 0 Å². The summed E-state index contributed by atoms with van der Waals surface area (Å²) in [4.78, 5) is 7.63. The average Bonchev–Trinajstić information content (AvgIpc) is 2.59. The normalized spacial score (nSPS) is 17.1. The summed E-state index contributed by atoms with van der Waals surface area (Å²) in [5.74, 6) is 0. The van der Waals surface area contributed by atoms with Crippen LogP contribution in [0, 0.1) is 6.57 Å². The highest BCUT2D eigenvalue weighted by Gasteiger charge is 2.16. The van der Waals surface area contributed by atoms with E-state index in [4.69, 9.17) is 6.57 Å². The van der Waals surface area contributed by atoms with Crippen LogP contribution in [0.4, 0.5) is 5.69 Å². The van der Waals surface area contributed by atoms with Crippen molar-refractivity contribution < 1.29 is 0 Å². The molecule has 13 heavy (non-hydrogen) atoms. The highest BCUT2D eigenvalue weighted by molar-refractivity contribution is 6.04. The molecule has 0 N–H and O–H groups in total. The van der Waals surface area contributed by atoms with Crippen molar-refractivity contribution in [3.8, 4) is 0 Å². The largest absolute Gasteiger partial charge is 0.292 e. The second-order valence-electron chi connectivity index (χ2n) is 3.12. The molecule has 2 heteroatoms. The summed E-state index contributed by atoms with van der Waals surface area (Å²) < 4.78 is 0. The van der Waals surface area contributed by atoms with Crippen LogP contribution >= 0.6 is 0 Å². The fourth-order valence-corrected chi connectivity index (χ4v) is 1.76. The lowest BCUT2D eigenvalue weighted by molar-refractivity contribution is 1.09. The van der Waals surface area contributed by atoms with Crippen molar-refractivity contribution in [2.45, 2.75) is 12.8 Å². The predicted molar refractivity (Wildman–Crippen MR) is 53.5 cm³/mol. The highest BCUT2D eigenvalue weighted by atomic mass is 14.7. The average molecular weight is 170 g/mol. The maximum absolute atomic E-state index is 6.90. The maximum Gasteiger partial charge on any atom is 0.187 e. The Labute approximate surface area is 77.7 Å². The van der Waals surface area contributed by atoms with E-state index in [1.807, 2.05) is 25.2 Å². The topological polar surface area (TPSA) is 16.7 Å². The molecule has 64 valence electrons. The van der Waals surface area contributed by atoms with Gasteiger partial charge < -0.3 is 0 Å². The van der Waals surface area contributed by atoms with E-state index in [9.17, 15) is 0 Å². The van der Waals surface area contributed by atoms with Crippen LogP contribution in [0.15, 0.2) is 23.2 Å². The molecule has 1 aliphatic rings. The molecule has 1 aromatic rings. The molecule has 2 rings (SSSR count). The van der Waals surface area contributed by atoms with Crippen molar-refractivity contribution in [3.63, 3.8) is 0 Å². The number of rotatable bonds is 0. The van der Waals surface area contributed by atoms with Gasteiger partial charge in [0.05, 0.1) is 6.57 Å². The van der Waals surface area contributed by atoms with Crippen LogP contribution in [0.5, 0.6) is 0 Å². The minimum Gasteiger partial charge on any atom is -0.292 e. The second kappa shape index (κ2) is 3.02. The minimum absolute atomic E-state index is 0.733. The lowest BCUT2D eigenvalue weighted by Gasteiger charge is -1.98. The summed E-state index contributed by atoms with van der Waals surface area (Å²) in [7, 11) is 1.83. The smallest absolute Gasteiger partial charge is 0.187 e. The van der Waals surface area contributed by atoms with E-state index < -0.39 is 0 Å². The molecule has 1 aliphatic carbocycles. The fraction of sp³-hybridized carbons (Fsp3) is 0.273. The monoisotopic (exact) mass is 170 g/mol. The third-order valence-electron chi connectivity index (χ3n) is 2.43. The Balaban J connectivity index is 2.54. The molecule has 0 fully saturated rings. The van der Waals surface area contributed by atoms with Gasteiger partial charge >= 0.3 is 0 Å². The van der Waals surface area contributed by atoms with Gasteiger partial charge in [0.25, 0.3) is 0 Å². The summed E-state index contributed by atoms with van der Waals surface area (Å²) in [5.41, 5.74) is 4.41. The second-order valence-corrected chi connectivity index (χ2v) is 3.12. The van der Waals surface area contributed by atoms with Crippen LogP contribution < -0.4 is 0 Å². The van der Waals surface area contributed by atoms with E-state index in [0.717, 1.165) is 18.5 Å². The van der Waals surface area contributed by atoms with Gasteiger partial charge in [-0.15, -0.1) is 0 Å². The molecular formula is C11H10N2. The molecular weight excluding hydrogens is 160 g/mol. The van der Waals surface area contributed by atoms with Crippen LogP contribution in [-0.2, 0) is 6.42 Å². The van der Waals surface area contributed by atoms with Crippen molar-refractivity contribution in [3.05, 3.63) is 40.7 Å². The molecule has 0 aromatic heterocycles. The Morgan fingerprint density at radius 3 is 2.92 bits per heavy atom. The first-order chi connectivity index (χ1) is 6.35. The first kappa shape index (κ1) is 8.00. The summed E-state index contributed by atoms with van der Waals surface area (Å²) in [5, 5.41) is 0. The predicted octanol–water partition coefficient (Wildman–Crippen LogP) is 2.60. The molecule has 0 amide bonds. The van der Waals surface area contributed by atoms with Crippen molar-refractivity contribution in [1.29, 1.82) is 0 Å². The molecule has 2 nitrogen and oxygen atoms in total. The quantitative estimate of drug-likeness (QED) is 0.532. The summed E-state index contributed by atoms with van der Waals surface area (Å²) in [6.07, 6.45) is 2.05. The molecule has 0 heterocycles. The lowest BCUT2D eigenvalue weighted by atomic mass is 10.1. The van der Waals surface area contributed by atoms with Gasteiger partial charge in [0, 0.05) is 12.8 Å². The number of hydrogen-bond donors (Lipinski definition) is 0. The molecule has 0 radical (unpaired) electrons. The molecule has 0 atom stereocenters. The summed E-state index contributed by atoms with van der Waals surface area (Å²) in [6.45, 7) is 6.90. The molecule has 0 saturated carbocycles. The zero-order valence-electron chi connectivity index (χ0n) is 7.54. The number of aliphatic imine (C=N–C) groups is 1. The molecule has 0 saturated heterocycles. The number of aryl methyl sites for hydroxylation is 1. The Kier molecular flexibility index (Phi) is 1.86. The first-order valence-electron chi connectivity index (χ1n) is 4.31. The molecule has 0 spiro atoms. The maximum atomic E-state index is 6.90. The van der Waals surface area contributed by atoms with Crippen LogP contribution in [0.1, 0.15) is 17.5 Å². The minimum atomic E-state index is 0.733. The lowest BCUT2D eigenvalue weighted by Crippen LogP contribution is -1.92. The van der Waals surface area contributed by atoms with E-state index in [1.54, 1.807) is 0 Å². The number of fused-ring (bicyclic) bond motifs is 1. The van der Waals surface area contributed by atoms with Gasteiger partial charge in [0.2, 0.25) is 0 Å². The van der Waals surface area contributed by atoms with E-state index in [2.05, 4.69) is 9.84 Å². The van der Waals surface area contributed by atoms with E-state index >= 15 is 0 Å². The van der Waals surface area contributed by atoms with E-state index in [1.165, 1.54) is 16.8 Å². The Morgan fingerprint density at radius 1 is 1.38 bits per heavy atom. The third kappa shape index (κ3) is 1.23. The third-order valence-corrected chi connectivity index (χ3v) is 2.43. The van der Waals surface area contributed by atoms with Gasteiger partial charge in [-0.25, -0.2) is 4.85 Å². The Bertz CT molecular complexity index is 411. The van der Waals surface area contributed by atoms with Crippen LogP contribution in [0.2, 0.25) is 0 Å². The van der Waals surface area contributed by atoms with Crippen LogP contribution in [0.25, 0.3) is 4.85 Å². The zero-order valence-corrected chi connectivity index (χ0v) is 7.54. The SMILES string of the molecule is [C-]#[N+]c1ccc2c(c1)CCC2=NC. The molecule has 0 aliphatic heterocycles. The van der Waals surface area contributed by atoms with Gasteiger partial charge in [-0.3, -0.25) is 4.99 Å². The highest BCUT2D eigenvalue weighted by Crippen LogP contribution is 2.26. The zero-order chi connectivity index (χ0) is 9.26. The molecule has 0 bridgehead atoms.